The molecule has 2 heterocycles. The summed E-state index contributed by atoms with van der Waals surface area (Å²) in [5.74, 6) is 0.916. The highest BCUT2D eigenvalue weighted by molar-refractivity contribution is 6.25. The molecule has 0 amide bonds. The summed E-state index contributed by atoms with van der Waals surface area (Å²) in [6.45, 7) is 6.88. The van der Waals surface area contributed by atoms with Crippen molar-refractivity contribution in [3.63, 3.8) is 0 Å². The lowest BCUT2D eigenvalue weighted by molar-refractivity contribution is 0.174. The first kappa shape index (κ1) is 12.4. The Morgan fingerprint density at radius 3 is 2.69 bits per heavy atom. The van der Waals surface area contributed by atoms with Crippen molar-refractivity contribution in [2.45, 2.75) is 38.6 Å². The van der Waals surface area contributed by atoms with Gasteiger partial charge < -0.3 is 5.32 Å². The second-order valence-electron chi connectivity index (χ2n) is 5.27. The number of hydrogen-bond acceptors (Lipinski definition) is 2. The van der Waals surface area contributed by atoms with Gasteiger partial charge in [0.2, 0.25) is 0 Å². The zero-order valence-electron chi connectivity index (χ0n) is 10.2. The summed E-state index contributed by atoms with van der Waals surface area (Å²) >= 11 is 5.70. The van der Waals surface area contributed by atoms with Gasteiger partial charge in [-0.2, -0.15) is 0 Å². The van der Waals surface area contributed by atoms with Crippen LogP contribution in [0.1, 0.15) is 32.6 Å². The molecular weight excluding hydrogens is 220 g/mol. The molecule has 0 aromatic heterocycles. The molecule has 2 saturated heterocycles. The predicted molar refractivity (Wildman–Crippen MR) is 69.8 cm³/mol. The summed E-state index contributed by atoms with van der Waals surface area (Å²) in [6.07, 6.45) is 5.48. The highest BCUT2D eigenvalue weighted by atomic mass is 35.5. The fourth-order valence-corrected chi connectivity index (χ4v) is 3.08. The van der Waals surface area contributed by atoms with Gasteiger partial charge in [0, 0.05) is 18.1 Å². The average Bonchev–Trinajstić information content (AvgIpc) is 2.83. The van der Waals surface area contributed by atoms with E-state index in [1.54, 1.807) is 5.54 Å². The Morgan fingerprint density at radius 1 is 1.38 bits per heavy atom. The number of halogens is 1. The Balaban J connectivity index is 1.73. The van der Waals surface area contributed by atoms with E-state index in [-0.39, 0.29) is 0 Å². The summed E-state index contributed by atoms with van der Waals surface area (Å²) in [7, 11) is 0. The minimum absolute atomic E-state index is 0.812. The van der Waals surface area contributed by atoms with Crippen molar-refractivity contribution in [1.82, 2.24) is 10.2 Å². The van der Waals surface area contributed by atoms with Crippen LogP contribution in [0.25, 0.3) is 0 Å². The lowest BCUT2D eigenvalue weighted by Crippen LogP contribution is -2.41. The molecule has 0 saturated carbocycles. The van der Waals surface area contributed by atoms with Crippen LogP contribution >= 0.6 is 11.6 Å². The zero-order chi connectivity index (χ0) is 11.4. The number of piperidine rings is 1. The lowest BCUT2D eigenvalue weighted by Gasteiger charge is -2.35. The molecule has 1 N–H and O–H groups in total. The molecule has 2 aliphatic heterocycles. The van der Waals surface area contributed by atoms with E-state index in [4.69, 9.17) is 11.6 Å². The monoisotopic (exact) mass is 242 g/mol. The van der Waals surface area contributed by atoms with Crippen molar-refractivity contribution in [3.05, 3.63) is 11.1 Å². The topological polar surface area (TPSA) is 15.3 Å². The molecular formula is C13H23ClN2. The minimum Gasteiger partial charge on any atom is -0.314 e. The van der Waals surface area contributed by atoms with E-state index in [0.717, 1.165) is 18.5 Å². The van der Waals surface area contributed by atoms with Crippen molar-refractivity contribution >= 4 is 11.6 Å². The molecule has 2 aliphatic rings. The first-order valence-corrected chi connectivity index (χ1v) is 6.95. The van der Waals surface area contributed by atoms with Crippen LogP contribution in [0.3, 0.4) is 0 Å². The van der Waals surface area contributed by atoms with Crippen LogP contribution < -0.4 is 5.32 Å². The number of likely N-dealkylation sites (tertiary alicyclic amines) is 1. The van der Waals surface area contributed by atoms with Gasteiger partial charge in [-0.3, -0.25) is 4.90 Å². The SMILES string of the molecule is CC(=CCl)CN1CCC(C2CCCN2)CC1. The van der Waals surface area contributed by atoms with E-state index < -0.39 is 0 Å². The number of hydrogen-bond donors (Lipinski definition) is 1. The largest absolute Gasteiger partial charge is 0.314 e. The molecule has 0 aromatic rings. The van der Waals surface area contributed by atoms with Crippen molar-refractivity contribution in [3.8, 4) is 0 Å². The third kappa shape index (κ3) is 3.22. The van der Waals surface area contributed by atoms with E-state index in [9.17, 15) is 0 Å². The first-order chi connectivity index (χ1) is 7.79. The minimum atomic E-state index is 0.812. The van der Waals surface area contributed by atoms with Crippen LogP contribution in [0.15, 0.2) is 11.1 Å². The van der Waals surface area contributed by atoms with E-state index in [1.807, 2.05) is 0 Å². The van der Waals surface area contributed by atoms with Gasteiger partial charge in [-0.05, 0) is 63.7 Å². The van der Waals surface area contributed by atoms with Gasteiger partial charge in [0.05, 0.1) is 0 Å². The van der Waals surface area contributed by atoms with E-state index in [0.29, 0.717) is 0 Å². The fraction of sp³-hybridized carbons (Fsp3) is 0.846. The van der Waals surface area contributed by atoms with Crippen LogP contribution in [0, 0.1) is 5.92 Å². The summed E-state index contributed by atoms with van der Waals surface area (Å²) < 4.78 is 0. The zero-order valence-corrected chi connectivity index (χ0v) is 11.0. The highest BCUT2D eigenvalue weighted by Gasteiger charge is 2.27. The molecule has 0 spiro atoms. The molecule has 1 atom stereocenters. The Morgan fingerprint density at radius 2 is 2.12 bits per heavy atom. The smallest absolute Gasteiger partial charge is 0.0201 e. The third-order valence-electron chi connectivity index (χ3n) is 3.96. The molecule has 0 bridgehead atoms. The number of rotatable bonds is 3. The molecule has 92 valence electrons. The fourth-order valence-electron chi connectivity index (χ4n) is 3.01. The van der Waals surface area contributed by atoms with Crippen LogP contribution in [0.2, 0.25) is 0 Å². The molecule has 2 rings (SSSR count). The van der Waals surface area contributed by atoms with Gasteiger partial charge in [-0.1, -0.05) is 11.6 Å². The average molecular weight is 243 g/mol. The Hall–Kier alpha value is -0.0500. The normalized spacial score (nSPS) is 29.9. The van der Waals surface area contributed by atoms with E-state index in [1.165, 1.54) is 50.9 Å². The summed E-state index contributed by atoms with van der Waals surface area (Å²) in [5, 5.41) is 3.64. The molecule has 3 heteroatoms. The van der Waals surface area contributed by atoms with Gasteiger partial charge in [0.1, 0.15) is 0 Å². The first-order valence-electron chi connectivity index (χ1n) is 6.51. The van der Waals surface area contributed by atoms with Crippen LogP contribution in [-0.2, 0) is 0 Å². The Bertz CT molecular complexity index is 238. The van der Waals surface area contributed by atoms with Crippen LogP contribution in [-0.4, -0.2) is 37.1 Å². The maximum Gasteiger partial charge on any atom is 0.0201 e. The lowest BCUT2D eigenvalue weighted by atomic mass is 9.88. The summed E-state index contributed by atoms with van der Waals surface area (Å²) in [5.41, 5.74) is 2.99. The molecule has 0 aromatic carbocycles. The third-order valence-corrected chi connectivity index (χ3v) is 4.33. The molecule has 0 aliphatic carbocycles. The van der Waals surface area contributed by atoms with Gasteiger partial charge in [-0.15, -0.1) is 0 Å². The van der Waals surface area contributed by atoms with Crippen molar-refractivity contribution < 1.29 is 0 Å². The molecule has 2 fully saturated rings. The predicted octanol–water partition coefficient (Wildman–Crippen LogP) is 2.59. The Kier molecular flexibility index (Phi) is 4.68. The molecule has 16 heavy (non-hydrogen) atoms. The van der Waals surface area contributed by atoms with Gasteiger partial charge in [0.25, 0.3) is 0 Å². The van der Waals surface area contributed by atoms with Crippen molar-refractivity contribution in [1.29, 1.82) is 0 Å². The molecule has 2 nitrogen and oxygen atoms in total. The Labute approximate surface area is 104 Å². The van der Waals surface area contributed by atoms with E-state index >= 15 is 0 Å². The summed E-state index contributed by atoms with van der Waals surface area (Å²) in [4.78, 5) is 2.53. The number of nitrogens with one attached hydrogen (secondary N) is 1. The highest BCUT2D eigenvalue weighted by Crippen LogP contribution is 2.25. The second-order valence-corrected chi connectivity index (χ2v) is 5.49. The quantitative estimate of drug-likeness (QED) is 0.819. The van der Waals surface area contributed by atoms with Crippen LogP contribution in [0.5, 0.6) is 0 Å². The van der Waals surface area contributed by atoms with Gasteiger partial charge >= 0.3 is 0 Å². The molecule has 1 unspecified atom stereocenters. The standard InChI is InChI=1S/C13H23ClN2/c1-11(9-14)10-16-7-4-12(5-8-16)13-3-2-6-15-13/h9,12-13,15H,2-8,10H2,1H3. The number of nitrogens with zero attached hydrogens (tertiary/aromatic N) is 1. The van der Waals surface area contributed by atoms with E-state index in [2.05, 4.69) is 17.1 Å². The van der Waals surface area contributed by atoms with Crippen molar-refractivity contribution in [2.24, 2.45) is 5.92 Å². The van der Waals surface area contributed by atoms with Crippen LogP contribution in [0.4, 0.5) is 0 Å². The van der Waals surface area contributed by atoms with Crippen molar-refractivity contribution in [2.75, 3.05) is 26.2 Å². The maximum absolute atomic E-state index is 5.70. The molecule has 0 radical (unpaired) electrons. The van der Waals surface area contributed by atoms with Gasteiger partial charge in [0.15, 0.2) is 0 Å². The maximum atomic E-state index is 5.70. The summed E-state index contributed by atoms with van der Waals surface area (Å²) in [6, 6.07) is 0.812. The second kappa shape index (κ2) is 6.04. The van der Waals surface area contributed by atoms with Gasteiger partial charge in [-0.25, -0.2) is 0 Å².